The van der Waals surface area contributed by atoms with Crippen LogP contribution in [0.25, 0.3) is 0 Å². The molecule has 3 heteroatoms. The Balaban J connectivity index is 1.91. The number of nitrogens with one attached hydrogen (secondary N) is 1. The zero-order valence-electron chi connectivity index (χ0n) is 10.4. The number of hydrogen-bond acceptors (Lipinski definition) is 3. The molecular weight excluding hydrogens is 202 g/mol. The van der Waals surface area contributed by atoms with Crippen molar-refractivity contribution in [2.45, 2.75) is 39.5 Å². The first kappa shape index (κ1) is 11.9. The maximum atomic E-state index is 11.7. The largest absolute Gasteiger partial charge is 0.466 e. The highest BCUT2D eigenvalue weighted by atomic mass is 16.5. The number of carbonyl (C=O) groups is 1. The summed E-state index contributed by atoms with van der Waals surface area (Å²) in [5, 5.41) is 3.40. The molecule has 2 aliphatic rings. The van der Waals surface area contributed by atoms with Crippen LogP contribution in [0.3, 0.4) is 0 Å². The minimum atomic E-state index is -0.0115. The van der Waals surface area contributed by atoms with Crippen molar-refractivity contribution >= 4 is 5.97 Å². The summed E-state index contributed by atoms with van der Waals surface area (Å²) in [6.45, 7) is 6.62. The molecule has 0 amide bonds. The summed E-state index contributed by atoms with van der Waals surface area (Å²) >= 11 is 0. The molecular formula is C13H23NO2. The van der Waals surface area contributed by atoms with Gasteiger partial charge in [0, 0.05) is 6.54 Å². The molecule has 1 aliphatic carbocycles. The average molecular weight is 225 g/mol. The number of esters is 1. The van der Waals surface area contributed by atoms with Crippen LogP contribution in [0.2, 0.25) is 0 Å². The van der Waals surface area contributed by atoms with E-state index in [1.165, 1.54) is 19.3 Å². The van der Waals surface area contributed by atoms with Crippen LogP contribution in [0.4, 0.5) is 0 Å². The molecule has 1 heterocycles. The molecule has 2 fully saturated rings. The Morgan fingerprint density at radius 3 is 2.75 bits per heavy atom. The number of rotatable bonds is 3. The molecule has 0 spiro atoms. The fourth-order valence-electron chi connectivity index (χ4n) is 3.06. The standard InChI is InChI=1S/C13H23NO2/c1-3-16-12(15)10-7-11(9-14-8-10)13(2)5-4-6-13/h10-11,14H,3-9H2,1-2H3. The van der Waals surface area contributed by atoms with Gasteiger partial charge in [0.25, 0.3) is 0 Å². The molecule has 1 aliphatic heterocycles. The van der Waals surface area contributed by atoms with Crippen molar-refractivity contribution in [3.8, 4) is 0 Å². The summed E-state index contributed by atoms with van der Waals surface area (Å²) in [6, 6.07) is 0. The molecule has 2 rings (SSSR count). The molecule has 1 saturated heterocycles. The van der Waals surface area contributed by atoms with Gasteiger partial charge in [0.05, 0.1) is 12.5 Å². The van der Waals surface area contributed by atoms with Crippen LogP contribution in [-0.4, -0.2) is 25.7 Å². The zero-order chi connectivity index (χ0) is 11.6. The third kappa shape index (κ3) is 2.24. The Bertz CT molecular complexity index is 261. The molecule has 16 heavy (non-hydrogen) atoms. The van der Waals surface area contributed by atoms with Crippen LogP contribution in [0.1, 0.15) is 39.5 Å². The third-order valence-corrected chi connectivity index (χ3v) is 4.45. The maximum absolute atomic E-state index is 11.7. The van der Waals surface area contributed by atoms with E-state index in [9.17, 15) is 4.79 Å². The summed E-state index contributed by atoms with van der Waals surface area (Å²) in [6.07, 6.45) is 5.03. The van der Waals surface area contributed by atoms with Crippen LogP contribution < -0.4 is 5.32 Å². The van der Waals surface area contributed by atoms with Gasteiger partial charge in [-0.25, -0.2) is 0 Å². The maximum Gasteiger partial charge on any atom is 0.310 e. The van der Waals surface area contributed by atoms with Crippen LogP contribution in [0.15, 0.2) is 0 Å². The van der Waals surface area contributed by atoms with Gasteiger partial charge in [0.15, 0.2) is 0 Å². The SMILES string of the molecule is CCOC(=O)C1CNCC(C2(C)CCC2)C1. The molecule has 0 aromatic heterocycles. The van der Waals surface area contributed by atoms with Gasteiger partial charge < -0.3 is 10.1 Å². The minimum absolute atomic E-state index is 0.0115. The number of ether oxygens (including phenoxy) is 1. The first-order valence-electron chi connectivity index (χ1n) is 6.53. The second-order valence-corrected chi connectivity index (χ2v) is 5.55. The first-order chi connectivity index (χ1) is 7.65. The lowest BCUT2D eigenvalue weighted by molar-refractivity contribution is -0.150. The second kappa shape index (κ2) is 4.74. The van der Waals surface area contributed by atoms with Gasteiger partial charge in [-0.15, -0.1) is 0 Å². The van der Waals surface area contributed by atoms with Crippen molar-refractivity contribution in [3.63, 3.8) is 0 Å². The summed E-state index contributed by atoms with van der Waals surface area (Å²) in [7, 11) is 0. The monoisotopic (exact) mass is 225 g/mol. The van der Waals surface area contributed by atoms with Gasteiger partial charge in [-0.05, 0) is 44.1 Å². The average Bonchev–Trinajstić information content (AvgIpc) is 2.26. The van der Waals surface area contributed by atoms with Crippen molar-refractivity contribution < 1.29 is 9.53 Å². The predicted molar refractivity (Wildman–Crippen MR) is 63.1 cm³/mol. The van der Waals surface area contributed by atoms with Gasteiger partial charge in [0.1, 0.15) is 0 Å². The van der Waals surface area contributed by atoms with Crippen molar-refractivity contribution in [2.24, 2.45) is 17.3 Å². The van der Waals surface area contributed by atoms with E-state index in [1.807, 2.05) is 6.92 Å². The highest BCUT2D eigenvalue weighted by Gasteiger charge is 2.42. The summed E-state index contributed by atoms with van der Waals surface area (Å²) in [4.78, 5) is 11.7. The highest BCUT2D eigenvalue weighted by molar-refractivity contribution is 5.72. The molecule has 2 unspecified atom stereocenters. The van der Waals surface area contributed by atoms with Crippen LogP contribution in [0, 0.1) is 17.3 Å². The highest BCUT2D eigenvalue weighted by Crippen LogP contribution is 2.49. The quantitative estimate of drug-likeness (QED) is 0.746. The Labute approximate surface area is 97.9 Å². The molecule has 1 saturated carbocycles. The second-order valence-electron chi connectivity index (χ2n) is 5.55. The van der Waals surface area contributed by atoms with Gasteiger partial charge in [0.2, 0.25) is 0 Å². The first-order valence-corrected chi connectivity index (χ1v) is 6.53. The van der Waals surface area contributed by atoms with E-state index in [2.05, 4.69) is 12.2 Å². The third-order valence-electron chi connectivity index (χ3n) is 4.45. The van der Waals surface area contributed by atoms with Gasteiger partial charge in [-0.2, -0.15) is 0 Å². The Hall–Kier alpha value is -0.570. The Morgan fingerprint density at radius 2 is 2.19 bits per heavy atom. The number of piperidine rings is 1. The summed E-state index contributed by atoms with van der Waals surface area (Å²) < 4.78 is 5.12. The van der Waals surface area contributed by atoms with E-state index in [-0.39, 0.29) is 11.9 Å². The lowest BCUT2D eigenvalue weighted by Gasteiger charge is -2.48. The van der Waals surface area contributed by atoms with Crippen LogP contribution in [-0.2, 0) is 9.53 Å². The Morgan fingerprint density at radius 1 is 1.44 bits per heavy atom. The molecule has 92 valence electrons. The lowest BCUT2D eigenvalue weighted by atomic mass is 9.60. The van der Waals surface area contributed by atoms with Crippen molar-refractivity contribution in [1.82, 2.24) is 5.32 Å². The summed E-state index contributed by atoms with van der Waals surface area (Å²) in [5.41, 5.74) is 0.484. The molecule has 0 aromatic carbocycles. The van der Waals surface area contributed by atoms with E-state index in [0.29, 0.717) is 17.9 Å². The molecule has 0 bridgehead atoms. The molecule has 0 radical (unpaired) electrons. The fourth-order valence-corrected chi connectivity index (χ4v) is 3.06. The van der Waals surface area contributed by atoms with Gasteiger partial charge >= 0.3 is 5.97 Å². The Kier molecular flexibility index (Phi) is 3.53. The van der Waals surface area contributed by atoms with E-state index < -0.39 is 0 Å². The van der Waals surface area contributed by atoms with E-state index in [1.54, 1.807) is 0 Å². The minimum Gasteiger partial charge on any atom is -0.466 e. The molecule has 2 atom stereocenters. The van der Waals surface area contributed by atoms with Gasteiger partial charge in [-0.1, -0.05) is 13.3 Å². The van der Waals surface area contributed by atoms with Crippen molar-refractivity contribution in [3.05, 3.63) is 0 Å². The number of hydrogen-bond donors (Lipinski definition) is 1. The molecule has 0 aromatic rings. The molecule has 1 N–H and O–H groups in total. The fraction of sp³-hybridized carbons (Fsp3) is 0.923. The molecule has 3 nitrogen and oxygen atoms in total. The van der Waals surface area contributed by atoms with Gasteiger partial charge in [-0.3, -0.25) is 4.79 Å². The number of carbonyl (C=O) groups excluding carboxylic acids is 1. The normalized spacial score (nSPS) is 32.9. The topological polar surface area (TPSA) is 38.3 Å². The van der Waals surface area contributed by atoms with E-state index in [0.717, 1.165) is 19.5 Å². The summed E-state index contributed by atoms with van der Waals surface area (Å²) in [5.74, 6) is 0.725. The van der Waals surface area contributed by atoms with E-state index >= 15 is 0 Å². The van der Waals surface area contributed by atoms with Crippen molar-refractivity contribution in [1.29, 1.82) is 0 Å². The lowest BCUT2D eigenvalue weighted by Crippen LogP contribution is -2.48. The zero-order valence-corrected chi connectivity index (χ0v) is 10.4. The van der Waals surface area contributed by atoms with Crippen LogP contribution >= 0.6 is 0 Å². The smallest absolute Gasteiger partial charge is 0.310 e. The van der Waals surface area contributed by atoms with E-state index in [4.69, 9.17) is 4.74 Å². The predicted octanol–water partition coefficient (Wildman–Crippen LogP) is 1.97. The van der Waals surface area contributed by atoms with Crippen LogP contribution in [0.5, 0.6) is 0 Å². The van der Waals surface area contributed by atoms with Crippen molar-refractivity contribution in [2.75, 3.05) is 19.7 Å².